The summed E-state index contributed by atoms with van der Waals surface area (Å²) in [6.07, 6.45) is 2.77. The average Bonchev–Trinajstić information content (AvgIpc) is 2.60. The number of ether oxygens (including phenoxy) is 1. The number of hydrogen-bond acceptors (Lipinski definition) is 3. The van der Waals surface area contributed by atoms with Crippen molar-refractivity contribution >= 4 is 11.9 Å². The van der Waals surface area contributed by atoms with Gasteiger partial charge in [-0.1, -0.05) is 42.5 Å². The lowest BCUT2D eigenvalue weighted by Gasteiger charge is -2.27. The Morgan fingerprint density at radius 1 is 1.08 bits per heavy atom. The van der Waals surface area contributed by atoms with E-state index in [1.54, 1.807) is 0 Å². The van der Waals surface area contributed by atoms with Crippen molar-refractivity contribution in [3.63, 3.8) is 0 Å². The number of carbonyl (C=O) groups is 1. The van der Waals surface area contributed by atoms with E-state index in [0.29, 0.717) is 13.0 Å². The van der Waals surface area contributed by atoms with Crippen molar-refractivity contribution in [1.29, 1.82) is 0 Å². The zero-order valence-corrected chi connectivity index (χ0v) is 14.9. The highest BCUT2D eigenvalue weighted by molar-refractivity contribution is 6.00. The fourth-order valence-corrected chi connectivity index (χ4v) is 3.05. The highest BCUT2D eigenvalue weighted by Crippen LogP contribution is 2.20. The highest BCUT2D eigenvalue weighted by atomic mass is 16.5. The molecule has 0 amide bonds. The van der Waals surface area contributed by atoms with E-state index in [2.05, 4.69) is 29.2 Å². The zero-order chi connectivity index (χ0) is 17.6. The van der Waals surface area contributed by atoms with E-state index in [4.69, 9.17) is 4.74 Å². The van der Waals surface area contributed by atoms with E-state index in [9.17, 15) is 4.79 Å². The highest BCUT2D eigenvalue weighted by Gasteiger charge is 2.21. The first-order chi connectivity index (χ1) is 12.1. The molecule has 1 fully saturated rings. The molecule has 3 heteroatoms. The lowest BCUT2D eigenvalue weighted by Crippen LogP contribution is -2.35. The summed E-state index contributed by atoms with van der Waals surface area (Å²) in [6, 6.07) is 18.3. The van der Waals surface area contributed by atoms with Gasteiger partial charge in [0.2, 0.25) is 0 Å². The van der Waals surface area contributed by atoms with Crippen LogP contribution in [-0.2, 0) is 11.3 Å². The molecule has 0 spiro atoms. The van der Waals surface area contributed by atoms with Gasteiger partial charge in [0.15, 0.2) is 5.78 Å². The van der Waals surface area contributed by atoms with Gasteiger partial charge in [0.05, 0.1) is 6.10 Å². The van der Waals surface area contributed by atoms with Gasteiger partial charge in [0, 0.05) is 31.6 Å². The first-order valence-corrected chi connectivity index (χ1v) is 8.87. The molecule has 1 heterocycles. The number of piperidine rings is 1. The van der Waals surface area contributed by atoms with Crippen LogP contribution in [0, 0.1) is 0 Å². The first-order valence-electron chi connectivity index (χ1n) is 8.87. The predicted molar refractivity (Wildman–Crippen MR) is 102 cm³/mol. The van der Waals surface area contributed by atoms with Gasteiger partial charge in [-0.15, -0.1) is 0 Å². The Labute approximate surface area is 149 Å². The van der Waals surface area contributed by atoms with Crippen LogP contribution in [0.5, 0.6) is 5.75 Å². The summed E-state index contributed by atoms with van der Waals surface area (Å²) in [6.45, 7) is 6.44. The molecule has 0 saturated carbocycles. The van der Waals surface area contributed by atoms with E-state index in [1.165, 1.54) is 5.56 Å². The molecule has 0 N–H and O–H groups in total. The second-order valence-electron chi connectivity index (χ2n) is 6.77. The molecule has 25 heavy (non-hydrogen) atoms. The summed E-state index contributed by atoms with van der Waals surface area (Å²) in [7, 11) is 0. The number of likely N-dealkylation sites (tertiary alicyclic amines) is 1. The van der Waals surface area contributed by atoms with Crippen molar-refractivity contribution in [2.75, 3.05) is 13.1 Å². The molecule has 1 saturated heterocycles. The van der Waals surface area contributed by atoms with Gasteiger partial charge in [0.25, 0.3) is 0 Å². The molecule has 2 aromatic rings. The van der Waals surface area contributed by atoms with Gasteiger partial charge in [-0.3, -0.25) is 9.69 Å². The largest absolute Gasteiger partial charge is 0.491 e. The number of ketones is 1. The van der Waals surface area contributed by atoms with Crippen LogP contribution in [0.4, 0.5) is 0 Å². The van der Waals surface area contributed by atoms with E-state index < -0.39 is 0 Å². The van der Waals surface area contributed by atoms with Gasteiger partial charge >= 0.3 is 0 Å². The normalized spacial score (nSPS) is 17.2. The maximum atomic E-state index is 12.3. The maximum absolute atomic E-state index is 12.3. The molecule has 130 valence electrons. The number of benzene rings is 2. The Morgan fingerprint density at radius 2 is 1.80 bits per heavy atom. The van der Waals surface area contributed by atoms with E-state index in [0.717, 1.165) is 30.0 Å². The zero-order valence-electron chi connectivity index (χ0n) is 14.9. The van der Waals surface area contributed by atoms with Crippen LogP contribution < -0.4 is 4.74 Å². The topological polar surface area (TPSA) is 29.5 Å². The van der Waals surface area contributed by atoms with E-state index >= 15 is 0 Å². The number of hydrogen-bond donors (Lipinski definition) is 0. The predicted octanol–water partition coefficient (Wildman–Crippen LogP) is 4.33. The van der Waals surface area contributed by atoms with Crippen molar-refractivity contribution in [2.45, 2.75) is 32.9 Å². The molecule has 0 aromatic heterocycles. The van der Waals surface area contributed by atoms with Crippen LogP contribution >= 0.6 is 0 Å². The van der Waals surface area contributed by atoms with Crippen molar-refractivity contribution < 1.29 is 9.53 Å². The smallest absolute Gasteiger partial charge is 0.161 e. The molecule has 0 aliphatic carbocycles. The van der Waals surface area contributed by atoms with Gasteiger partial charge in [0.1, 0.15) is 5.75 Å². The van der Waals surface area contributed by atoms with Gasteiger partial charge in [-0.25, -0.2) is 0 Å². The standard InChI is InChI=1S/C22H25NO2/c1-17(2)25-21-10-8-18(9-11-21)14-20-16-23(13-12-22(20)24)15-19-6-4-3-5-7-19/h3-11,14,17H,12-13,15-16H2,1-2H3/b20-14+. The summed E-state index contributed by atoms with van der Waals surface area (Å²) < 4.78 is 5.67. The maximum Gasteiger partial charge on any atom is 0.161 e. The molecule has 1 aliphatic heterocycles. The molecule has 0 radical (unpaired) electrons. The second-order valence-corrected chi connectivity index (χ2v) is 6.77. The van der Waals surface area contributed by atoms with Crippen LogP contribution in [0.2, 0.25) is 0 Å². The Balaban J connectivity index is 1.69. The molecule has 0 unspecified atom stereocenters. The lowest BCUT2D eigenvalue weighted by atomic mass is 9.99. The molecule has 2 aromatic carbocycles. The summed E-state index contributed by atoms with van der Waals surface area (Å²) in [5.74, 6) is 1.12. The monoisotopic (exact) mass is 335 g/mol. The average molecular weight is 335 g/mol. The van der Waals surface area contributed by atoms with E-state index in [-0.39, 0.29) is 11.9 Å². The minimum absolute atomic E-state index is 0.163. The number of carbonyl (C=O) groups excluding carboxylic acids is 1. The van der Waals surface area contributed by atoms with Crippen molar-refractivity contribution in [1.82, 2.24) is 4.90 Å². The van der Waals surface area contributed by atoms with Crippen LogP contribution in [0.25, 0.3) is 6.08 Å². The summed E-state index contributed by atoms with van der Waals surface area (Å²) in [5, 5.41) is 0. The minimum Gasteiger partial charge on any atom is -0.491 e. The summed E-state index contributed by atoms with van der Waals surface area (Å²) in [4.78, 5) is 14.6. The van der Waals surface area contributed by atoms with Crippen LogP contribution in [0.15, 0.2) is 60.2 Å². The fourth-order valence-electron chi connectivity index (χ4n) is 3.05. The quantitative estimate of drug-likeness (QED) is 0.762. The molecular formula is C22H25NO2. The lowest BCUT2D eigenvalue weighted by molar-refractivity contribution is -0.117. The first kappa shape index (κ1) is 17.4. The Kier molecular flexibility index (Phi) is 5.67. The van der Waals surface area contributed by atoms with Crippen LogP contribution in [-0.4, -0.2) is 29.9 Å². The van der Waals surface area contributed by atoms with Gasteiger partial charge in [-0.2, -0.15) is 0 Å². The minimum atomic E-state index is 0.163. The number of nitrogens with zero attached hydrogens (tertiary/aromatic N) is 1. The number of Topliss-reactive ketones (excluding diaryl/α,β-unsaturated/α-hetero) is 1. The van der Waals surface area contributed by atoms with Gasteiger partial charge < -0.3 is 4.74 Å². The van der Waals surface area contributed by atoms with Crippen molar-refractivity contribution in [2.24, 2.45) is 0 Å². The molecular weight excluding hydrogens is 310 g/mol. The van der Waals surface area contributed by atoms with Crippen LogP contribution in [0.3, 0.4) is 0 Å². The third-order valence-electron chi connectivity index (χ3n) is 4.25. The second kappa shape index (κ2) is 8.13. The molecule has 0 atom stereocenters. The van der Waals surface area contributed by atoms with Gasteiger partial charge in [-0.05, 0) is 43.2 Å². The number of rotatable bonds is 5. The van der Waals surface area contributed by atoms with Crippen LogP contribution in [0.1, 0.15) is 31.4 Å². The Bertz CT molecular complexity index is 732. The summed E-state index contributed by atoms with van der Waals surface area (Å²) >= 11 is 0. The molecule has 1 aliphatic rings. The SMILES string of the molecule is CC(C)Oc1ccc(/C=C2\CN(Cc3ccccc3)CCC2=O)cc1. The third kappa shape index (κ3) is 5.04. The van der Waals surface area contributed by atoms with Crippen molar-refractivity contribution in [3.05, 3.63) is 71.3 Å². The third-order valence-corrected chi connectivity index (χ3v) is 4.25. The summed E-state index contributed by atoms with van der Waals surface area (Å²) in [5.41, 5.74) is 3.21. The van der Waals surface area contributed by atoms with E-state index in [1.807, 2.05) is 50.3 Å². The Morgan fingerprint density at radius 3 is 2.48 bits per heavy atom. The molecule has 3 nitrogen and oxygen atoms in total. The molecule has 3 rings (SSSR count). The fraction of sp³-hybridized carbons (Fsp3) is 0.318. The molecule has 0 bridgehead atoms. The Hall–Kier alpha value is -2.39. The van der Waals surface area contributed by atoms with Crippen molar-refractivity contribution in [3.8, 4) is 5.75 Å².